The van der Waals surface area contributed by atoms with Crippen molar-refractivity contribution in [3.63, 3.8) is 0 Å². The van der Waals surface area contributed by atoms with Gasteiger partial charge in [0.2, 0.25) is 5.82 Å². The zero-order valence-electron chi connectivity index (χ0n) is 7.13. The minimum Gasteiger partial charge on any atom is -0.504 e. The van der Waals surface area contributed by atoms with E-state index in [9.17, 15) is 13.2 Å². The van der Waals surface area contributed by atoms with Crippen LogP contribution in [0.1, 0.15) is 0 Å². The van der Waals surface area contributed by atoms with E-state index in [2.05, 4.69) is 9.47 Å². The van der Waals surface area contributed by atoms with Crippen LogP contribution in [-0.2, 0) is 0 Å². The smallest absolute Gasteiger partial charge is 0.387 e. The summed E-state index contributed by atoms with van der Waals surface area (Å²) in [6.07, 6.45) is 0. The number of aromatic hydroxyl groups is 1. The summed E-state index contributed by atoms with van der Waals surface area (Å²) in [5.41, 5.74) is 0. The first-order valence-corrected chi connectivity index (χ1v) is 3.56. The lowest BCUT2D eigenvalue weighted by molar-refractivity contribution is -0.0524. The first-order chi connectivity index (χ1) is 6.56. The van der Waals surface area contributed by atoms with Crippen LogP contribution in [0.4, 0.5) is 13.2 Å². The summed E-state index contributed by atoms with van der Waals surface area (Å²) < 4.78 is 44.9. The van der Waals surface area contributed by atoms with Crippen LogP contribution in [0.2, 0.25) is 0 Å². The summed E-state index contributed by atoms with van der Waals surface area (Å²) in [6.45, 7) is -3.13. The fraction of sp³-hybridized carbons (Fsp3) is 0.250. The van der Waals surface area contributed by atoms with Gasteiger partial charge in [0.05, 0.1) is 7.11 Å². The molecule has 0 bridgehead atoms. The van der Waals surface area contributed by atoms with E-state index in [1.165, 1.54) is 0 Å². The van der Waals surface area contributed by atoms with Crippen LogP contribution < -0.4 is 9.47 Å². The number of hydrogen-bond donors (Lipinski definition) is 1. The van der Waals surface area contributed by atoms with E-state index in [0.29, 0.717) is 0 Å². The van der Waals surface area contributed by atoms with Crippen molar-refractivity contribution in [3.8, 4) is 17.2 Å². The third-order valence-electron chi connectivity index (χ3n) is 1.46. The predicted octanol–water partition coefficient (Wildman–Crippen LogP) is 2.14. The number of alkyl halides is 2. The number of hydrogen-bond acceptors (Lipinski definition) is 3. The van der Waals surface area contributed by atoms with Gasteiger partial charge in [-0.15, -0.1) is 0 Å². The lowest BCUT2D eigenvalue weighted by Gasteiger charge is -2.09. The standard InChI is InChI=1S/C8H7F3O3/c1-13-7-4(12)2-3-5(6(7)9)14-8(10)11/h2-3,8,12H,1H3. The Morgan fingerprint density at radius 2 is 2.00 bits per heavy atom. The highest BCUT2D eigenvalue weighted by Crippen LogP contribution is 2.35. The lowest BCUT2D eigenvalue weighted by atomic mass is 10.3. The molecule has 0 atom stereocenters. The maximum absolute atomic E-state index is 13.2. The van der Waals surface area contributed by atoms with Gasteiger partial charge in [0, 0.05) is 0 Å². The molecule has 0 aromatic heterocycles. The van der Waals surface area contributed by atoms with E-state index < -0.39 is 29.7 Å². The average molecular weight is 208 g/mol. The van der Waals surface area contributed by atoms with Gasteiger partial charge < -0.3 is 14.6 Å². The molecule has 1 N–H and O–H groups in total. The molecule has 0 saturated carbocycles. The highest BCUT2D eigenvalue weighted by Gasteiger charge is 2.17. The molecule has 0 aliphatic rings. The van der Waals surface area contributed by atoms with E-state index in [-0.39, 0.29) is 0 Å². The van der Waals surface area contributed by atoms with Crippen LogP contribution in [0, 0.1) is 5.82 Å². The number of phenols is 1. The van der Waals surface area contributed by atoms with Crippen molar-refractivity contribution in [2.75, 3.05) is 7.11 Å². The molecule has 0 saturated heterocycles. The van der Waals surface area contributed by atoms with Crippen molar-refractivity contribution in [2.24, 2.45) is 0 Å². The monoisotopic (exact) mass is 208 g/mol. The van der Waals surface area contributed by atoms with Gasteiger partial charge in [-0.05, 0) is 12.1 Å². The van der Waals surface area contributed by atoms with Crippen molar-refractivity contribution < 1.29 is 27.8 Å². The zero-order chi connectivity index (χ0) is 10.7. The second kappa shape index (κ2) is 4.08. The Balaban J connectivity index is 3.08. The van der Waals surface area contributed by atoms with Gasteiger partial charge in [0.15, 0.2) is 17.2 Å². The molecule has 0 heterocycles. The van der Waals surface area contributed by atoms with Crippen molar-refractivity contribution >= 4 is 0 Å². The Morgan fingerprint density at radius 1 is 1.36 bits per heavy atom. The fourth-order valence-electron chi connectivity index (χ4n) is 0.909. The van der Waals surface area contributed by atoms with Crippen molar-refractivity contribution in [1.29, 1.82) is 0 Å². The Hall–Kier alpha value is -1.59. The van der Waals surface area contributed by atoms with Crippen LogP contribution in [0.5, 0.6) is 17.2 Å². The van der Waals surface area contributed by atoms with Crippen LogP contribution in [0.15, 0.2) is 12.1 Å². The third kappa shape index (κ3) is 2.01. The molecule has 0 spiro atoms. The van der Waals surface area contributed by atoms with Gasteiger partial charge >= 0.3 is 6.61 Å². The van der Waals surface area contributed by atoms with Crippen LogP contribution in [-0.4, -0.2) is 18.8 Å². The molecule has 0 radical (unpaired) electrons. The molecular formula is C8H7F3O3. The highest BCUT2D eigenvalue weighted by atomic mass is 19.3. The van der Waals surface area contributed by atoms with Gasteiger partial charge in [-0.25, -0.2) is 0 Å². The van der Waals surface area contributed by atoms with E-state index in [4.69, 9.17) is 5.11 Å². The summed E-state index contributed by atoms with van der Waals surface area (Å²) >= 11 is 0. The first-order valence-electron chi connectivity index (χ1n) is 3.56. The molecule has 1 aromatic rings. The molecule has 3 nitrogen and oxygen atoms in total. The summed E-state index contributed by atoms with van der Waals surface area (Å²) in [7, 11) is 1.10. The average Bonchev–Trinajstić information content (AvgIpc) is 2.10. The molecule has 0 amide bonds. The molecule has 0 aliphatic carbocycles. The Bertz CT molecular complexity index is 328. The second-order valence-corrected chi connectivity index (χ2v) is 2.31. The van der Waals surface area contributed by atoms with Gasteiger partial charge in [-0.2, -0.15) is 13.2 Å². The number of benzene rings is 1. The predicted molar refractivity (Wildman–Crippen MR) is 41.2 cm³/mol. The summed E-state index contributed by atoms with van der Waals surface area (Å²) in [4.78, 5) is 0. The number of rotatable bonds is 3. The lowest BCUT2D eigenvalue weighted by Crippen LogP contribution is -2.04. The van der Waals surface area contributed by atoms with E-state index in [1.807, 2.05) is 0 Å². The maximum Gasteiger partial charge on any atom is 0.387 e. The normalized spacial score (nSPS) is 10.4. The van der Waals surface area contributed by atoms with E-state index >= 15 is 0 Å². The van der Waals surface area contributed by atoms with Crippen LogP contribution in [0.3, 0.4) is 0 Å². The summed E-state index contributed by atoms with van der Waals surface area (Å²) in [5.74, 6) is -2.84. The highest BCUT2D eigenvalue weighted by molar-refractivity contribution is 5.46. The molecule has 0 unspecified atom stereocenters. The van der Waals surface area contributed by atoms with Crippen molar-refractivity contribution in [1.82, 2.24) is 0 Å². The Morgan fingerprint density at radius 3 is 2.50 bits per heavy atom. The second-order valence-electron chi connectivity index (χ2n) is 2.31. The summed E-state index contributed by atoms with van der Waals surface area (Å²) in [6, 6.07) is 1.89. The first kappa shape index (κ1) is 10.5. The Kier molecular flexibility index (Phi) is 3.06. The number of methoxy groups -OCH3 is 1. The minimum absolute atomic E-state index is 0.480. The molecule has 1 aromatic carbocycles. The molecular weight excluding hydrogens is 201 g/mol. The van der Waals surface area contributed by atoms with E-state index in [0.717, 1.165) is 19.2 Å². The fourth-order valence-corrected chi connectivity index (χ4v) is 0.909. The number of halogens is 3. The van der Waals surface area contributed by atoms with Crippen molar-refractivity contribution in [3.05, 3.63) is 17.9 Å². The number of phenolic OH excluding ortho intramolecular Hbond substituents is 1. The largest absolute Gasteiger partial charge is 0.504 e. The zero-order valence-corrected chi connectivity index (χ0v) is 7.13. The number of ether oxygens (including phenoxy) is 2. The molecule has 0 aliphatic heterocycles. The van der Waals surface area contributed by atoms with Crippen molar-refractivity contribution in [2.45, 2.75) is 6.61 Å². The van der Waals surface area contributed by atoms with Gasteiger partial charge in [0.1, 0.15) is 0 Å². The van der Waals surface area contributed by atoms with Gasteiger partial charge in [-0.3, -0.25) is 0 Å². The molecule has 0 fully saturated rings. The molecule has 14 heavy (non-hydrogen) atoms. The van der Waals surface area contributed by atoms with E-state index in [1.54, 1.807) is 0 Å². The quantitative estimate of drug-likeness (QED) is 0.826. The molecule has 6 heteroatoms. The van der Waals surface area contributed by atoms with Gasteiger partial charge in [-0.1, -0.05) is 0 Å². The van der Waals surface area contributed by atoms with Crippen LogP contribution in [0.25, 0.3) is 0 Å². The Labute approximate surface area is 77.7 Å². The SMILES string of the molecule is COc1c(O)ccc(OC(F)F)c1F. The maximum atomic E-state index is 13.2. The van der Waals surface area contributed by atoms with Gasteiger partial charge in [0.25, 0.3) is 0 Å². The minimum atomic E-state index is -3.13. The third-order valence-corrected chi connectivity index (χ3v) is 1.46. The topological polar surface area (TPSA) is 38.7 Å². The molecule has 1 rings (SSSR count). The molecule has 78 valence electrons. The summed E-state index contributed by atoms with van der Waals surface area (Å²) in [5, 5.41) is 9.04. The van der Waals surface area contributed by atoms with Crippen LogP contribution >= 0.6 is 0 Å².